The van der Waals surface area contributed by atoms with Crippen molar-refractivity contribution >= 4 is 33.9 Å². The number of anilines is 1. The van der Waals surface area contributed by atoms with Gasteiger partial charge in [0.2, 0.25) is 0 Å². The summed E-state index contributed by atoms with van der Waals surface area (Å²) in [5.41, 5.74) is 5.45. The molecule has 0 bridgehead atoms. The standard InChI is InChI=1S/C26H26N4O2S/c1-17-11-18(2)24-20(12-17)13-21(25(31)29-24)16-30(15-19-5-4-10-27-14-19)26(33)28-22-6-8-23(32-3)9-7-22/h4-14H,15-16H2,1-3H3,(H,28,33)(H,29,31). The Balaban J connectivity index is 1.65. The van der Waals surface area contributed by atoms with Crippen LogP contribution in [-0.2, 0) is 13.1 Å². The Labute approximate surface area is 198 Å². The molecule has 4 aromatic rings. The number of thiocarbonyl (C=S) groups is 1. The maximum Gasteiger partial charge on any atom is 0.253 e. The first-order valence-corrected chi connectivity index (χ1v) is 11.1. The number of aromatic nitrogens is 2. The number of H-pyrrole nitrogens is 1. The lowest BCUT2D eigenvalue weighted by atomic mass is 10.1. The number of aryl methyl sites for hydroxylation is 2. The summed E-state index contributed by atoms with van der Waals surface area (Å²) in [7, 11) is 1.63. The zero-order valence-electron chi connectivity index (χ0n) is 18.9. The molecule has 7 heteroatoms. The summed E-state index contributed by atoms with van der Waals surface area (Å²) in [6.45, 7) is 4.93. The van der Waals surface area contributed by atoms with E-state index >= 15 is 0 Å². The summed E-state index contributed by atoms with van der Waals surface area (Å²) < 4.78 is 5.23. The molecular weight excluding hydrogens is 432 g/mol. The average molecular weight is 459 g/mol. The molecule has 0 aliphatic carbocycles. The number of hydrogen-bond donors (Lipinski definition) is 2. The van der Waals surface area contributed by atoms with Crippen molar-refractivity contribution in [1.82, 2.24) is 14.9 Å². The molecular formula is C26H26N4O2S. The number of methoxy groups -OCH3 is 1. The fourth-order valence-corrected chi connectivity index (χ4v) is 4.09. The van der Waals surface area contributed by atoms with Crippen molar-refractivity contribution in [3.8, 4) is 5.75 Å². The van der Waals surface area contributed by atoms with Gasteiger partial charge in [-0.25, -0.2) is 0 Å². The van der Waals surface area contributed by atoms with Gasteiger partial charge in [0, 0.05) is 30.2 Å². The maximum atomic E-state index is 12.9. The minimum atomic E-state index is -0.113. The van der Waals surface area contributed by atoms with Crippen LogP contribution in [0.5, 0.6) is 5.75 Å². The molecule has 6 nitrogen and oxygen atoms in total. The first-order valence-electron chi connectivity index (χ1n) is 10.6. The highest BCUT2D eigenvalue weighted by Crippen LogP contribution is 2.20. The molecule has 0 aliphatic heterocycles. The number of fused-ring (bicyclic) bond motifs is 1. The minimum Gasteiger partial charge on any atom is -0.497 e. The average Bonchev–Trinajstić information content (AvgIpc) is 2.81. The maximum absolute atomic E-state index is 12.9. The molecule has 2 aromatic carbocycles. The normalized spacial score (nSPS) is 10.8. The number of aromatic amines is 1. The zero-order chi connectivity index (χ0) is 23.4. The highest BCUT2D eigenvalue weighted by atomic mass is 32.1. The SMILES string of the molecule is COc1ccc(NC(=S)N(Cc2cccnc2)Cc2cc3cc(C)cc(C)c3[nH]c2=O)cc1. The summed E-state index contributed by atoms with van der Waals surface area (Å²) in [5, 5.41) is 4.81. The van der Waals surface area contributed by atoms with Crippen LogP contribution in [0.15, 0.2) is 71.8 Å². The molecule has 168 valence electrons. The Bertz CT molecular complexity index is 1330. The van der Waals surface area contributed by atoms with Crippen molar-refractivity contribution in [2.24, 2.45) is 0 Å². The molecule has 0 saturated heterocycles. The molecule has 4 rings (SSSR count). The van der Waals surface area contributed by atoms with Crippen LogP contribution >= 0.6 is 12.2 Å². The second kappa shape index (κ2) is 9.83. The zero-order valence-corrected chi connectivity index (χ0v) is 19.7. The highest BCUT2D eigenvalue weighted by Gasteiger charge is 2.15. The van der Waals surface area contributed by atoms with E-state index in [0.29, 0.717) is 23.8 Å². The lowest BCUT2D eigenvalue weighted by molar-refractivity contribution is 0.410. The van der Waals surface area contributed by atoms with E-state index in [0.717, 1.165) is 39.0 Å². The molecule has 2 heterocycles. The molecule has 0 unspecified atom stereocenters. The number of benzene rings is 2. The smallest absolute Gasteiger partial charge is 0.253 e. The molecule has 0 spiro atoms. The van der Waals surface area contributed by atoms with Crippen LogP contribution in [0.4, 0.5) is 5.69 Å². The van der Waals surface area contributed by atoms with Crippen molar-refractivity contribution in [3.63, 3.8) is 0 Å². The molecule has 0 saturated carbocycles. The Kier molecular flexibility index (Phi) is 6.70. The van der Waals surface area contributed by atoms with Gasteiger partial charge in [-0.05, 0) is 85.0 Å². The second-order valence-electron chi connectivity index (χ2n) is 8.05. The van der Waals surface area contributed by atoms with Crippen LogP contribution in [0.1, 0.15) is 22.3 Å². The van der Waals surface area contributed by atoms with Crippen LogP contribution in [-0.4, -0.2) is 27.1 Å². The molecule has 33 heavy (non-hydrogen) atoms. The molecule has 2 aromatic heterocycles. The second-order valence-corrected chi connectivity index (χ2v) is 8.43. The van der Waals surface area contributed by atoms with Gasteiger partial charge in [0.1, 0.15) is 5.75 Å². The van der Waals surface area contributed by atoms with Crippen molar-refractivity contribution in [1.29, 1.82) is 0 Å². The number of nitrogens with zero attached hydrogens (tertiary/aromatic N) is 2. The largest absolute Gasteiger partial charge is 0.497 e. The van der Waals surface area contributed by atoms with Gasteiger partial charge in [-0.15, -0.1) is 0 Å². The van der Waals surface area contributed by atoms with Crippen LogP contribution in [0.25, 0.3) is 10.9 Å². The Morgan fingerprint density at radius 2 is 1.91 bits per heavy atom. The molecule has 2 N–H and O–H groups in total. The van der Waals surface area contributed by atoms with E-state index in [2.05, 4.69) is 34.3 Å². The van der Waals surface area contributed by atoms with Crippen LogP contribution in [0.3, 0.4) is 0 Å². The Morgan fingerprint density at radius 1 is 1.12 bits per heavy atom. The number of hydrogen-bond acceptors (Lipinski definition) is 4. The van der Waals surface area contributed by atoms with E-state index in [9.17, 15) is 4.79 Å². The number of nitrogens with one attached hydrogen (secondary N) is 2. The van der Waals surface area contributed by atoms with Crippen molar-refractivity contribution in [2.45, 2.75) is 26.9 Å². The fraction of sp³-hybridized carbons (Fsp3) is 0.192. The van der Waals surface area contributed by atoms with Crippen LogP contribution < -0.4 is 15.6 Å². The third-order valence-corrected chi connectivity index (χ3v) is 5.82. The third-order valence-electron chi connectivity index (χ3n) is 5.46. The Morgan fingerprint density at radius 3 is 2.61 bits per heavy atom. The summed E-state index contributed by atoms with van der Waals surface area (Å²) in [6.07, 6.45) is 3.54. The summed E-state index contributed by atoms with van der Waals surface area (Å²) in [5.74, 6) is 0.770. The summed E-state index contributed by atoms with van der Waals surface area (Å²) in [4.78, 5) is 22.2. The Hall–Kier alpha value is -3.71. The number of pyridine rings is 2. The molecule has 0 atom stereocenters. The van der Waals surface area contributed by atoms with E-state index in [-0.39, 0.29) is 5.56 Å². The van der Waals surface area contributed by atoms with E-state index in [1.165, 1.54) is 0 Å². The van der Waals surface area contributed by atoms with E-state index in [1.807, 2.05) is 54.3 Å². The van der Waals surface area contributed by atoms with E-state index in [4.69, 9.17) is 17.0 Å². The predicted molar refractivity (Wildman–Crippen MR) is 137 cm³/mol. The van der Waals surface area contributed by atoms with Gasteiger partial charge in [0.25, 0.3) is 5.56 Å². The summed E-state index contributed by atoms with van der Waals surface area (Å²) >= 11 is 5.75. The van der Waals surface area contributed by atoms with Crippen molar-refractivity contribution < 1.29 is 4.74 Å². The van der Waals surface area contributed by atoms with Crippen LogP contribution in [0, 0.1) is 13.8 Å². The van der Waals surface area contributed by atoms with E-state index < -0.39 is 0 Å². The van der Waals surface area contributed by atoms with Gasteiger partial charge in [0.15, 0.2) is 5.11 Å². The number of rotatable bonds is 6. The first kappa shape index (κ1) is 22.5. The fourth-order valence-electron chi connectivity index (χ4n) is 3.84. The first-order chi connectivity index (χ1) is 15.9. The van der Waals surface area contributed by atoms with Gasteiger partial charge >= 0.3 is 0 Å². The van der Waals surface area contributed by atoms with Gasteiger partial charge in [-0.1, -0.05) is 17.7 Å². The lowest BCUT2D eigenvalue weighted by Gasteiger charge is -2.26. The summed E-state index contributed by atoms with van der Waals surface area (Å²) in [6, 6.07) is 17.5. The van der Waals surface area contributed by atoms with Gasteiger partial charge in [-0.2, -0.15) is 0 Å². The minimum absolute atomic E-state index is 0.113. The molecule has 0 fully saturated rings. The van der Waals surface area contributed by atoms with Crippen molar-refractivity contribution in [2.75, 3.05) is 12.4 Å². The quantitative estimate of drug-likeness (QED) is 0.399. The molecule has 0 aliphatic rings. The third kappa shape index (κ3) is 5.38. The van der Waals surface area contributed by atoms with Gasteiger partial charge in [-0.3, -0.25) is 9.78 Å². The molecule has 0 amide bonds. The molecule has 0 radical (unpaired) electrons. The van der Waals surface area contributed by atoms with Crippen molar-refractivity contribution in [3.05, 3.63) is 99.6 Å². The topological polar surface area (TPSA) is 70.2 Å². The lowest BCUT2D eigenvalue weighted by Crippen LogP contribution is -2.35. The van der Waals surface area contributed by atoms with E-state index in [1.54, 1.807) is 19.5 Å². The monoisotopic (exact) mass is 458 g/mol. The predicted octanol–water partition coefficient (Wildman–Crippen LogP) is 4.95. The van der Waals surface area contributed by atoms with Gasteiger partial charge in [0.05, 0.1) is 19.2 Å². The van der Waals surface area contributed by atoms with Crippen LogP contribution in [0.2, 0.25) is 0 Å². The number of ether oxygens (including phenoxy) is 1. The van der Waals surface area contributed by atoms with Gasteiger partial charge < -0.3 is 19.9 Å². The highest BCUT2D eigenvalue weighted by molar-refractivity contribution is 7.80.